The minimum absolute atomic E-state index is 0.0481. The van der Waals surface area contributed by atoms with Gasteiger partial charge in [-0.15, -0.1) is 0 Å². The molecule has 0 aliphatic rings. The number of hydrogen-bond acceptors (Lipinski definition) is 2. The van der Waals surface area contributed by atoms with E-state index >= 15 is 0 Å². The molecule has 0 aliphatic heterocycles. The molecule has 0 saturated carbocycles. The third-order valence-corrected chi connectivity index (χ3v) is 3.32. The first-order valence-corrected chi connectivity index (χ1v) is 6.90. The Hall–Kier alpha value is 0.0500. The molecule has 0 heterocycles. The van der Waals surface area contributed by atoms with Crippen molar-refractivity contribution in [1.82, 2.24) is 0 Å². The largest absolute Gasteiger partial charge is 0.460 e. The van der Waals surface area contributed by atoms with Gasteiger partial charge in [0, 0.05) is 0 Å². The molecule has 1 atom stereocenters. The lowest BCUT2D eigenvalue weighted by molar-refractivity contribution is -0.147. The Labute approximate surface area is 109 Å². The maximum atomic E-state index is 11.2. The molecule has 1 unspecified atom stereocenters. The summed E-state index contributed by atoms with van der Waals surface area (Å²) in [6, 6.07) is 0. The summed E-state index contributed by atoms with van der Waals surface area (Å²) in [6.45, 7) is 6.38. The number of hydrogen-bond donors (Lipinski definition) is 0. The summed E-state index contributed by atoms with van der Waals surface area (Å²) in [7, 11) is 0. The number of carbonyl (C=O) groups excluding carboxylic acids is 1. The van der Waals surface area contributed by atoms with Gasteiger partial charge >= 0.3 is 5.97 Å². The van der Waals surface area contributed by atoms with Gasteiger partial charge in [-0.1, -0.05) is 56.8 Å². The van der Waals surface area contributed by atoms with E-state index in [1.165, 1.54) is 12.8 Å². The quantitative estimate of drug-likeness (QED) is 0.484. The molecule has 0 N–H and O–H groups in total. The predicted octanol–water partition coefficient (Wildman–Crippen LogP) is 4.33. The van der Waals surface area contributed by atoms with Gasteiger partial charge in [0.2, 0.25) is 4.84 Å². The highest BCUT2D eigenvalue weighted by molar-refractivity contribution is 6.52. The SMILES string of the molecule is CCC(CC)CCC(CC)OC(=O)C(Cl)Cl. The van der Waals surface area contributed by atoms with Crippen LogP contribution in [0.5, 0.6) is 0 Å². The molecule has 0 rings (SSSR count). The first kappa shape index (κ1) is 16.1. The second kappa shape index (κ2) is 9.12. The minimum atomic E-state index is -1.07. The molecule has 0 amide bonds. The standard InChI is InChI=1S/C12H22Cl2O2/c1-4-9(5-2)7-8-10(6-3)16-12(15)11(13)14/h9-11H,4-8H2,1-3H3. The molecule has 0 aromatic rings. The van der Waals surface area contributed by atoms with Crippen molar-refractivity contribution >= 4 is 29.2 Å². The molecular weight excluding hydrogens is 247 g/mol. The molecule has 0 bridgehead atoms. The lowest BCUT2D eigenvalue weighted by Gasteiger charge is -2.19. The fourth-order valence-electron chi connectivity index (χ4n) is 1.68. The summed E-state index contributed by atoms with van der Waals surface area (Å²) in [5.74, 6) is 0.190. The Balaban J connectivity index is 3.96. The number of ether oxygens (including phenoxy) is 1. The van der Waals surface area contributed by atoms with Gasteiger partial charge in [0.25, 0.3) is 0 Å². The van der Waals surface area contributed by atoms with Crippen LogP contribution in [-0.2, 0) is 9.53 Å². The summed E-state index contributed by atoms with van der Waals surface area (Å²) in [5, 5.41) is 0. The number of esters is 1. The van der Waals surface area contributed by atoms with Gasteiger partial charge < -0.3 is 4.74 Å². The third-order valence-electron chi connectivity index (χ3n) is 2.97. The Kier molecular flexibility index (Phi) is 9.15. The van der Waals surface area contributed by atoms with Gasteiger partial charge in [-0.05, 0) is 25.2 Å². The van der Waals surface area contributed by atoms with Crippen molar-refractivity contribution < 1.29 is 9.53 Å². The van der Waals surface area contributed by atoms with Crippen LogP contribution in [0.4, 0.5) is 0 Å². The van der Waals surface area contributed by atoms with E-state index in [2.05, 4.69) is 13.8 Å². The second-order valence-corrected chi connectivity index (χ2v) is 5.12. The molecule has 0 saturated heterocycles. The van der Waals surface area contributed by atoms with Crippen molar-refractivity contribution in [2.24, 2.45) is 5.92 Å². The Morgan fingerprint density at radius 2 is 1.62 bits per heavy atom. The molecule has 4 heteroatoms. The summed E-state index contributed by atoms with van der Waals surface area (Å²) in [5.41, 5.74) is 0. The lowest BCUT2D eigenvalue weighted by atomic mass is 9.95. The van der Waals surface area contributed by atoms with E-state index in [9.17, 15) is 4.79 Å². The molecule has 16 heavy (non-hydrogen) atoms. The normalized spacial score (nSPS) is 13.2. The first-order chi connectivity index (χ1) is 7.54. The molecular formula is C12H22Cl2O2. The van der Waals surface area contributed by atoms with Gasteiger partial charge in [0.05, 0.1) is 0 Å². The molecule has 0 aliphatic carbocycles. The number of halogens is 2. The Bertz CT molecular complexity index is 191. The zero-order valence-corrected chi connectivity index (χ0v) is 11.9. The topological polar surface area (TPSA) is 26.3 Å². The van der Waals surface area contributed by atoms with Crippen LogP contribution in [0.2, 0.25) is 0 Å². The summed E-state index contributed by atoms with van der Waals surface area (Å²) < 4.78 is 5.20. The van der Waals surface area contributed by atoms with E-state index in [0.29, 0.717) is 0 Å². The van der Waals surface area contributed by atoms with Gasteiger partial charge in [0.15, 0.2) is 0 Å². The van der Waals surface area contributed by atoms with E-state index in [1.54, 1.807) is 0 Å². The summed E-state index contributed by atoms with van der Waals surface area (Å²) in [4.78, 5) is 10.1. The smallest absolute Gasteiger partial charge is 0.339 e. The highest BCUT2D eigenvalue weighted by atomic mass is 35.5. The van der Waals surface area contributed by atoms with E-state index in [1.807, 2.05) is 6.92 Å². The van der Waals surface area contributed by atoms with Crippen LogP contribution in [0, 0.1) is 5.92 Å². The monoisotopic (exact) mass is 268 g/mol. The highest BCUT2D eigenvalue weighted by Crippen LogP contribution is 2.19. The second-order valence-electron chi connectivity index (χ2n) is 4.03. The number of carbonyl (C=O) groups is 1. The van der Waals surface area contributed by atoms with Crippen molar-refractivity contribution in [2.45, 2.75) is 63.8 Å². The maximum absolute atomic E-state index is 11.2. The van der Waals surface area contributed by atoms with E-state index in [-0.39, 0.29) is 6.10 Å². The van der Waals surface area contributed by atoms with Gasteiger partial charge in [0.1, 0.15) is 6.10 Å². The van der Waals surface area contributed by atoms with Crippen molar-refractivity contribution in [3.8, 4) is 0 Å². The molecule has 0 fully saturated rings. The fourth-order valence-corrected chi connectivity index (χ4v) is 1.78. The highest BCUT2D eigenvalue weighted by Gasteiger charge is 2.19. The van der Waals surface area contributed by atoms with Crippen LogP contribution in [0.25, 0.3) is 0 Å². The minimum Gasteiger partial charge on any atom is -0.460 e. The molecule has 0 aromatic carbocycles. The van der Waals surface area contributed by atoms with Crippen molar-refractivity contribution in [3.63, 3.8) is 0 Å². The molecule has 96 valence electrons. The zero-order chi connectivity index (χ0) is 12.6. The van der Waals surface area contributed by atoms with Crippen LogP contribution >= 0.6 is 23.2 Å². The van der Waals surface area contributed by atoms with E-state index in [0.717, 1.165) is 25.2 Å². The Morgan fingerprint density at radius 3 is 2.00 bits per heavy atom. The molecule has 0 radical (unpaired) electrons. The predicted molar refractivity (Wildman–Crippen MR) is 69.0 cm³/mol. The van der Waals surface area contributed by atoms with E-state index in [4.69, 9.17) is 27.9 Å². The van der Waals surface area contributed by atoms with Crippen molar-refractivity contribution in [1.29, 1.82) is 0 Å². The van der Waals surface area contributed by atoms with Gasteiger partial charge in [-0.25, -0.2) is 4.79 Å². The van der Waals surface area contributed by atoms with Crippen molar-refractivity contribution in [3.05, 3.63) is 0 Å². The lowest BCUT2D eigenvalue weighted by Crippen LogP contribution is -2.22. The van der Waals surface area contributed by atoms with Crippen molar-refractivity contribution in [2.75, 3.05) is 0 Å². The van der Waals surface area contributed by atoms with Gasteiger partial charge in [-0.3, -0.25) is 0 Å². The number of alkyl halides is 2. The molecule has 2 nitrogen and oxygen atoms in total. The maximum Gasteiger partial charge on any atom is 0.339 e. The number of rotatable bonds is 8. The third kappa shape index (κ3) is 6.59. The van der Waals surface area contributed by atoms with Crippen LogP contribution in [0.1, 0.15) is 52.9 Å². The van der Waals surface area contributed by atoms with Gasteiger partial charge in [-0.2, -0.15) is 0 Å². The summed E-state index contributed by atoms with van der Waals surface area (Å²) >= 11 is 10.9. The molecule has 0 aromatic heterocycles. The zero-order valence-electron chi connectivity index (χ0n) is 10.3. The van der Waals surface area contributed by atoms with E-state index < -0.39 is 10.8 Å². The molecule has 0 spiro atoms. The Morgan fingerprint density at radius 1 is 1.06 bits per heavy atom. The van der Waals surface area contributed by atoms with Crippen LogP contribution in [0.3, 0.4) is 0 Å². The van der Waals surface area contributed by atoms with Crippen LogP contribution < -0.4 is 0 Å². The van der Waals surface area contributed by atoms with Crippen LogP contribution in [-0.4, -0.2) is 16.9 Å². The average molecular weight is 269 g/mol. The first-order valence-electron chi connectivity index (χ1n) is 6.03. The summed E-state index contributed by atoms with van der Waals surface area (Å²) in [6.07, 6.45) is 5.10. The fraction of sp³-hybridized carbons (Fsp3) is 0.917. The average Bonchev–Trinajstić information content (AvgIpc) is 2.28. The van der Waals surface area contributed by atoms with Crippen LogP contribution in [0.15, 0.2) is 0 Å².